The third-order valence-electron chi connectivity index (χ3n) is 2.83. The van der Waals surface area contributed by atoms with Gasteiger partial charge in [0, 0.05) is 18.3 Å². The quantitative estimate of drug-likeness (QED) is 0.852. The number of carbonyl (C=O) groups is 1. The Morgan fingerprint density at radius 2 is 2.20 bits per heavy atom. The fourth-order valence-electron chi connectivity index (χ4n) is 1.88. The number of hydrogen-bond donors (Lipinski definition) is 2. The van der Waals surface area contributed by atoms with Crippen LogP contribution in [0.15, 0.2) is 36.5 Å². The number of nitrogens with zero attached hydrogens (tertiary/aromatic N) is 2. The lowest BCUT2D eigenvalue weighted by Crippen LogP contribution is -2.31. The Hall–Kier alpha value is -2.27. The summed E-state index contributed by atoms with van der Waals surface area (Å²) in [5, 5.41) is 9.72. The lowest BCUT2D eigenvalue weighted by atomic mass is 10.2. The molecule has 0 spiro atoms. The maximum Gasteiger partial charge on any atom is 0.260 e. The van der Waals surface area contributed by atoms with Crippen LogP contribution in [0.5, 0.6) is 5.75 Å². The summed E-state index contributed by atoms with van der Waals surface area (Å²) in [6.45, 7) is 2.27. The van der Waals surface area contributed by atoms with Crippen molar-refractivity contribution in [3.63, 3.8) is 0 Å². The monoisotopic (exact) mass is 291 g/mol. The lowest BCUT2D eigenvalue weighted by Gasteiger charge is -2.22. The highest BCUT2D eigenvalue weighted by Crippen LogP contribution is 2.24. The summed E-state index contributed by atoms with van der Waals surface area (Å²) in [6, 6.07) is 7.90. The van der Waals surface area contributed by atoms with Gasteiger partial charge in [0.1, 0.15) is 10.9 Å². The number of hydrogen-bond acceptors (Lipinski definition) is 4. The number of benzene rings is 1. The fraction of sp³-hybridized carbons (Fsp3) is 0.143. The molecule has 0 radical (unpaired) electrons. The van der Waals surface area contributed by atoms with Crippen molar-refractivity contribution in [3.05, 3.63) is 47.2 Å². The van der Waals surface area contributed by atoms with Crippen LogP contribution in [-0.4, -0.2) is 22.5 Å². The van der Waals surface area contributed by atoms with Crippen LogP contribution in [0.2, 0.25) is 5.15 Å². The van der Waals surface area contributed by atoms with Crippen molar-refractivity contribution < 1.29 is 9.90 Å². The van der Waals surface area contributed by atoms with Gasteiger partial charge >= 0.3 is 0 Å². The van der Waals surface area contributed by atoms with E-state index in [1.165, 1.54) is 23.2 Å². The third-order valence-corrected chi connectivity index (χ3v) is 3.04. The number of halogens is 1. The van der Waals surface area contributed by atoms with Crippen molar-refractivity contribution >= 4 is 28.9 Å². The van der Waals surface area contributed by atoms with Gasteiger partial charge in [-0.15, -0.1) is 0 Å². The summed E-state index contributed by atoms with van der Waals surface area (Å²) in [7, 11) is 0. The van der Waals surface area contributed by atoms with Gasteiger partial charge in [0.25, 0.3) is 5.91 Å². The summed E-state index contributed by atoms with van der Waals surface area (Å²) < 4.78 is 0. The van der Waals surface area contributed by atoms with E-state index < -0.39 is 0 Å². The highest BCUT2D eigenvalue weighted by atomic mass is 35.5. The van der Waals surface area contributed by atoms with E-state index in [0.29, 0.717) is 12.2 Å². The number of aromatic hydroxyl groups is 1. The number of pyridine rings is 1. The first kappa shape index (κ1) is 14.1. The Labute approximate surface area is 121 Å². The first-order valence-electron chi connectivity index (χ1n) is 6.05. The van der Waals surface area contributed by atoms with Crippen molar-refractivity contribution in [1.82, 2.24) is 4.98 Å². The van der Waals surface area contributed by atoms with E-state index in [4.69, 9.17) is 17.3 Å². The SMILES string of the molecule is CCN(C(=O)c1cc(Cl)ncc1N)c1cccc(O)c1. The number of aromatic nitrogens is 1. The number of anilines is 2. The number of phenols is 1. The minimum Gasteiger partial charge on any atom is -0.508 e. The van der Waals surface area contributed by atoms with Crippen LogP contribution in [-0.2, 0) is 0 Å². The van der Waals surface area contributed by atoms with Gasteiger partial charge in [0.05, 0.1) is 17.4 Å². The topological polar surface area (TPSA) is 79.5 Å². The number of nitrogen functional groups attached to an aromatic ring is 1. The standard InChI is InChI=1S/C14H14ClN3O2/c1-2-18(9-4-3-5-10(19)6-9)14(20)11-7-13(15)17-8-12(11)16/h3-8,19H,2,16H2,1H3. The van der Waals surface area contributed by atoms with Gasteiger partial charge in [-0.25, -0.2) is 4.98 Å². The Bertz CT molecular complexity index is 646. The Morgan fingerprint density at radius 1 is 1.45 bits per heavy atom. The molecule has 5 nitrogen and oxygen atoms in total. The highest BCUT2D eigenvalue weighted by molar-refractivity contribution is 6.30. The molecule has 1 aromatic carbocycles. The Morgan fingerprint density at radius 3 is 2.85 bits per heavy atom. The van der Waals surface area contributed by atoms with Gasteiger partial charge in [-0.3, -0.25) is 4.79 Å². The molecule has 0 unspecified atom stereocenters. The molecule has 1 amide bonds. The molecule has 6 heteroatoms. The van der Waals surface area contributed by atoms with Gasteiger partial charge in [0.15, 0.2) is 0 Å². The van der Waals surface area contributed by atoms with Crippen LogP contribution in [0.1, 0.15) is 17.3 Å². The molecule has 1 heterocycles. The van der Waals surface area contributed by atoms with E-state index in [1.807, 2.05) is 6.92 Å². The van der Waals surface area contributed by atoms with Crippen LogP contribution in [0.25, 0.3) is 0 Å². The lowest BCUT2D eigenvalue weighted by molar-refractivity contribution is 0.0989. The summed E-state index contributed by atoms with van der Waals surface area (Å²) in [6.07, 6.45) is 1.35. The van der Waals surface area contributed by atoms with E-state index >= 15 is 0 Å². The molecule has 0 saturated carbocycles. The molecule has 20 heavy (non-hydrogen) atoms. The second-order valence-electron chi connectivity index (χ2n) is 4.16. The van der Waals surface area contributed by atoms with E-state index in [2.05, 4.69) is 4.98 Å². The van der Waals surface area contributed by atoms with Crippen molar-refractivity contribution in [2.24, 2.45) is 0 Å². The number of rotatable bonds is 3. The highest BCUT2D eigenvalue weighted by Gasteiger charge is 2.19. The fourth-order valence-corrected chi connectivity index (χ4v) is 2.03. The zero-order valence-corrected chi connectivity index (χ0v) is 11.6. The van der Waals surface area contributed by atoms with Crippen molar-refractivity contribution in [3.8, 4) is 5.75 Å². The predicted octanol–water partition coefficient (Wildman–Crippen LogP) is 2.69. The molecule has 104 valence electrons. The van der Waals surface area contributed by atoms with Gasteiger partial charge in [-0.1, -0.05) is 17.7 Å². The molecule has 2 aromatic rings. The van der Waals surface area contributed by atoms with E-state index in [0.717, 1.165) is 0 Å². The van der Waals surface area contributed by atoms with Crippen LogP contribution in [0.3, 0.4) is 0 Å². The average molecular weight is 292 g/mol. The molecule has 0 aliphatic rings. The molecule has 0 atom stereocenters. The number of amides is 1. The smallest absolute Gasteiger partial charge is 0.260 e. The maximum atomic E-state index is 12.5. The third kappa shape index (κ3) is 2.83. The van der Waals surface area contributed by atoms with Crippen molar-refractivity contribution in [2.45, 2.75) is 6.92 Å². The van der Waals surface area contributed by atoms with E-state index in [1.54, 1.807) is 18.2 Å². The minimum absolute atomic E-state index is 0.0921. The normalized spacial score (nSPS) is 10.3. The Kier molecular flexibility index (Phi) is 4.10. The van der Waals surface area contributed by atoms with Gasteiger partial charge in [0.2, 0.25) is 0 Å². The van der Waals surface area contributed by atoms with Gasteiger partial charge in [-0.2, -0.15) is 0 Å². The number of carbonyl (C=O) groups excluding carboxylic acids is 1. The predicted molar refractivity (Wildman–Crippen MR) is 79.1 cm³/mol. The average Bonchev–Trinajstić information content (AvgIpc) is 2.42. The molecule has 0 aliphatic heterocycles. The van der Waals surface area contributed by atoms with Crippen LogP contribution >= 0.6 is 11.6 Å². The van der Waals surface area contributed by atoms with Crippen LogP contribution in [0, 0.1) is 0 Å². The van der Waals surface area contributed by atoms with E-state index in [9.17, 15) is 9.90 Å². The van der Waals surface area contributed by atoms with Crippen molar-refractivity contribution in [2.75, 3.05) is 17.2 Å². The molecule has 2 rings (SSSR count). The number of phenolic OH excluding ortho intramolecular Hbond substituents is 1. The van der Waals surface area contributed by atoms with Gasteiger partial charge in [-0.05, 0) is 25.1 Å². The Balaban J connectivity index is 2.41. The largest absolute Gasteiger partial charge is 0.508 e. The van der Waals surface area contributed by atoms with E-state index in [-0.39, 0.29) is 28.1 Å². The van der Waals surface area contributed by atoms with Crippen LogP contribution < -0.4 is 10.6 Å². The summed E-state index contributed by atoms with van der Waals surface area (Å²) in [5.74, 6) is -0.200. The zero-order valence-electron chi connectivity index (χ0n) is 10.9. The van der Waals surface area contributed by atoms with Crippen molar-refractivity contribution in [1.29, 1.82) is 0 Å². The molecular formula is C14H14ClN3O2. The van der Waals surface area contributed by atoms with Gasteiger partial charge < -0.3 is 15.7 Å². The number of nitrogens with two attached hydrogens (primary N) is 1. The molecule has 0 bridgehead atoms. The molecule has 1 aromatic heterocycles. The molecular weight excluding hydrogens is 278 g/mol. The second kappa shape index (κ2) is 5.79. The second-order valence-corrected chi connectivity index (χ2v) is 4.55. The molecule has 0 aliphatic carbocycles. The first-order chi connectivity index (χ1) is 9.52. The molecule has 3 N–H and O–H groups in total. The summed E-state index contributed by atoms with van der Waals surface area (Å²) >= 11 is 5.80. The minimum atomic E-state index is -0.292. The molecule has 0 saturated heterocycles. The molecule has 0 fully saturated rings. The maximum absolute atomic E-state index is 12.5. The van der Waals surface area contributed by atoms with Crippen LogP contribution in [0.4, 0.5) is 11.4 Å². The summed E-state index contributed by atoms with van der Waals surface area (Å²) in [5.41, 5.74) is 6.91. The zero-order chi connectivity index (χ0) is 14.7. The first-order valence-corrected chi connectivity index (χ1v) is 6.42. The summed E-state index contributed by atoms with van der Waals surface area (Å²) in [4.78, 5) is 17.9.